The first-order chi connectivity index (χ1) is 15.6. The molecular formula is C27H25NO4. The quantitative estimate of drug-likeness (QED) is 0.435. The smallest absolute Gasteiger partial charge is 0.308 e. The van der Waals surface area contributed by atoms with Gasteiger partial charge in [-0.2, -0.15) is 0 Å². The number of ketones is 1. The number of nitrogens with one attached hydrogen (secondary N) is 1. The summed E-state index contributed by atoms with van der Waals surface area (Å²) in [6, 6.07) is 18.1. The minimum Gasteiger partial charge on any atom is -0.490 e. The Kier molecular flexibility index (Phi) is 5.17. The third-order valence-corrected chi connectivity index (χ3v) is 6.21. The predicted octanol–water partition coefficient (Wildman–Crippen LogP) is 5.58. The van der Waals surface area contributed by atoms with Gasteiger partial charge in [0.05, 0.1) is 12.5 Å². The predicted molar refractivity (Wildman–Crippen MR) is 124 cm³/mol. The highest BCUT2D eigenvalue weighted by Crippen LogP contribution is 2.50. The van der Waals surface area contributed by atoms with Crippen LogP contribution in [0.5, 0.6) is 11.5 Å². The minimum absolute atomic E-state index is 0.165. The lowest BCUT2D eigenvalue weighted by atomic mass is 9.70. The number of hydrogen-bond donors (Lipinski definition) is 1. The van der Waals surface area contributed by atoms with Gasteiger partial charge in [0.25, 0.3) is 0 Å². The highest BCUT2D eigenvalue weighted by atomic mass is 16.6. The first kappa shape index (κ1) is 20.3. The molecule has 1 heterocycles. The van der Waals surface area contributed by atoms with Gasteiger partial charge < -0.3 is 14.8 Å². The zero-order chi connectivity index (χ0) is 22.2. The first-order valence-electron chi connectivity index (χ1n) is 11.0. The molecule has 0 amide bonds. The average molecular weight is 428 g/mol. The number of anilines is 1. The van der Waals surface area contributed by atoms with E-state index in [9.17, 15) is 9.59 Å². The van der Waals surface area contributed by atoms with Crippen LogP contribution in [0.4, 0.5) is 5.69 Å². The van der Waals surface area contributed by atoms with E-state index in [4.69, 9.17) is 9.47 Å². The van der Waals surface area contributed by atoms with Crippen molar-refractivity contribution >= 4 is 28.2 Å². The molecule has 0 bridgehead atoms. The van der Waals surface area contributed by atoms with E-state index in [-0.39, 0.29) is 17.6 Å². The Hall–Kier alpha value is -3.60. The topological polar surface area (TPSA) is 64.6 Å². The lowest BCUT2D eigenvalue weighted by Gasteiger charge is -2.38. The van der Waals surface area contributed by atoms with Crippen molar-refractivity contribution in [3.05, 3.63) is 77.5 Å². The number of benzene rings is 3. The molecule has 5 rings (SSSR count). The van der Waals surface area contributed by atoms with Gasteiger partial charge >= 0.3 is 5.97 Å². The number of Topliss-reactive ketones (excluding diaryl/α,β-unsaturated/α-hetero) is 1. The van der Waals surface area contributed by atoms with E-state index in [0.717, 1.165) is 39.7 Å². The Morgan fingerprint density at radius 2 is 1.91 bits per heavy atom. The summed E-state index contributed by atoms with van der Waals surface area (Å²) in [5, 5.41) is 5.80. The van der Waals surface area contributed by atoms with Crippen molar-refractivity contribution in [3.63, 3.8) is 0 Å². The van der Waals surface area contributed by atoms with Gasteiger partial charge in [0.15, 0.2) is 11.5 Å². The molecule has 0 saturated heterocycles. The fourth-order valence-electron chi connectivity index (χ4n) is 4.97. The molecule has 0 fully saturated rings. The summed E-state index contributed by atoms with van der Waals surface area (Å²) in [4.78, 5) is 24.8. The second-order valence-corrected chi connectivity index (χ2v) is 8.23. The van der Waals surface area contributed by atoms with Crippen molar-refractivity contribution in [1.29, 1.82) is 0 Å². The number of esters is 1. The maximum Gasteiger partial charge on any atom is 0.308 e. The van der Waals surface area contributed by atoms with E-state index in [1.165, 1.54) is 6.92 Å². The molecule has 1 aliphatic heterocycles. The van der Waals surface area contributed by atoms with E-state index < -0.39 is 5.97 Å². The molecule has 0 unspecified atom stereocenters. The number of rotatable bonds is 4. The van der Waals surface area contributed by atoms with Gasteiger partial charge in [0, 0.05) is 30.6 Å². The summed E-state index contributed by atoms with van der Waals surface area (Å²) in [6.45, 7) is 3.70. The Bertz CT molecular complexity index is 1260. The molecule has 0 saturated carbocycles. The molecule has 1 N–H and O–H groups in total. The summed E-state index contributed by atoms with van der Waals surface area (Å²) < 4.78 is 11.2. The molecule has 32 heavy (non-hydrogen) atoms. The van der Waals surface area contributed by atoms with Crippen LogP contribution >= 0.6 is 0 Å². The van der Waals surface area contributed by atoms with Gasteiger partial charge in [-0.05, 0) is 53.4 Å². The molecule has 2 aliphatic rings. The Balaban J connectivity index is 1.74. The van der Waals surface area contributed by atoms with Crippen LogP contribution < -0.4 is 14.8 Å². The summed E-state index contributed by atoms with van der Waals surface area (Å²) >= 11 is 0. The number of hydrogen-bond acceptors (Lipinski definition) is 5. The van der Waals surface area contributed by atoms with Crippen LogP contribution in [-0.4, -0.2) is 18.4 Å². The standard InChI is InChI=1S/C27H25NO4/c1-3-31-24-15-18(12-14-23(24)32-16(2)29)25-26-19-8-5-4-7-17(19)11-13-21(26)28-20-9-6-10-22(30)27(20)25/h4-5,7-9,11-15,25,27-28H,3,6,10H2,1-2H3/t25-,27+/m1/s1. The fourth-order valence-corrected chi connectivity index (χ4v) is 4.97. The average Bonchev–Trinajstić information content (AvgIpc) is 2.79. The lowest BCUT2D eigenvalue weighted by Crippen LogP contribution is -2.34. The molecule has 2 atom stereocenters. The molecule has 0 spiro atoms. The molecule has 5 nitrogen and oxygen atoms in total. The summed E-state index contributed by atoms with van der Waals surface area (Å²) in [7, 11) is 0. The zero-order valence-corrected chi connectivity index (χ0v) is 18.2. The van der Waals surface area contributed by atoms with Gasteiger partial charge in [0.2, 0.25) is 0 Å². The number of carbonyl (C=O) groups excluding carboxylic acids is 2. The maximum atomic E-state index is 13.2. The van der Waals surface area contributed by atoms with Gasteiger partial charge in [-0.15, -0.1) is 0 Å². The van der Waals surface area contributed by atoms with Gasteiger partial charge in [-0.1, -0.05) is 42.5 Å². The lowest BCUT2D eigenvalue weighted by molar-refractivity contribution is -0.132. The monoisotopic (exact) mass is 427 g/mol. The third-order valence-electron chi connectivity index (χ3n) is 6.21. The second kappa shape index (κ2) is 8.15. The van der Waals surface area contributed by atoms with Crippen molar-refractivity contribution in [3.8, 4) is 11.5 Å². The first-order valence-corrected chi connectivity index (χ1v) is 11.0. The van der Waals surface area contributed by atoms with E-state index >= 15 is 0 Å². The van der Waals surface area contributed by atoms with Crippen LogP contribution in [0.25, 0.3) is 10.8 Å². The normalized spacial score (nSPS) is 19.4. The molecule has 0 aromatic heterocycles. The summed E-state index contributed by atoms with van der Waals surface area (Å²) in [5.41, 5.74) is 4.07. The molecule has 1 aliphatic carbocycles. The van der Waals surface area contributed by atoms with Crippen molar-refractivity contribution in [2.24, 2.45) is 5.92 Å². The van der Waals surface area contributed by atoms with Crippen LogP contribution in [0.1, 0.15) is 43.7 Å². The van der Waals surface area contributed by atoms with Crippen molar-refractivity contribution in [1.82, 2.24) is 0 Å². The Morgan fingerprint density at radius 3 is 2.72 bits per heavy atom. The highest BCUT2D eigenvalue weighted by molar-refractivity contribution is 5.96. The molecule has 3 aromatic carbocycles. The van der Waals surface area contributed by atoms with E-state index in [1.54, 1.807) is 6.07 Å². The largest absolute Gasteiger partial charge is 0.490 e. The van der Waals surface area contributed by atoms with Gasteiger partial charge in [0.1, 0.15) is 5.78 Å². The maximum absolute atomic E-state index is 13.2. The zero-order valence-electron chi connectivity index (χ0n) is 18.2. The number of allylic oxidation sites excluding steroid dienone is 2. The fraction of sp³-hybridized carbons (Fsp3) is 0.259. The van der Waals surface area contributed by atoms with E-state index in [2.05, 4.69) is 35.7 Å². The number of carbonyl (C=O) groups is 2. The van der Waals surface area contributed by atoms with Gasteiger partial charge in [-0.25, -0.2) is 0 Å². The van der Waals surface area contributed by atoms with Crippen LogP contribution in [0, 0.1) is 5.92 Å². The number of ether oxygens (including phenoxy) is 2. The van der Waals surface area contributed by atoms with Crippen LogP contribution in [0.2, 0.25) is 0 Å². The highest BCUT2D eigenvalue weighted by Gasteiger charge is 2.41. The minimum atomic E-state index is -0.399. The molecular weight excluding hydrogens is 402 g/mol. The van der Waals surface area contributed by atoms with Gasteiger partial charge in [-0.3, -0.25) is 9.59 Å². The Labute approximate surface area is 187 Å². The van der Waals surface area contributed by atoms with Crippen LogP contribution in [0.15, 0.2) is 66.4 Å². The SMILES string of the molecule is CCOc1cc([C@@H]2c3c(ccc4ccccc34)NC3=CCCC(=O)[C@H]32)ccc1OC(C)=O. The van der Waals surface area contributed by atoms with Crippen LogP contribution in [-0.2, 0) is 9.59 Å². The van der Waals surface area contributed by atoms with Crippen molar-refractivity contribution in [2.45, 2.75) is 32.6 Å². The van der Waals surface area contributed by atoms with Crippen molar-refractivity contribution in [2.75, 3.05) is 11.9 Å². The van der Waals surface area contributed by atoms with E-state index in [0.29, 0.717) is 24.5 Å². The molecule has 0 radical (unpaired) electrons. The summed E-state index contributed by atoms with van der Waals surface area (Å²) in [5.74, 6) is 0.290. The molecule has 162 valence electrons. The molecule has 5 heteroatoms. The molecule has 3 aromatic rings. The van der Waals surface area contributed by atoms with E-state index in [1.807, 2.05) is 31.2 Å². The Morgan fingerprint density at radius 1 is 1.06 bits per heavy atom. The number of fused-ring (bicyclic) bond motifs is 4. The third kappa shape index (κ3) is 3.44. The summed E-state index contributed by atoms with van der Waals surface area (Å²) in [6.07, 6.45) is 3.44. The van der Waals surface area contributed by atoms with Crippen molar-refractivity contribution < 1.29 is 19.1 Å². The second-order valence-electron chi connectivity index (χ2n) is 8.23. The van der Waals surface area contributed by atoms with Crippen LogP contribution in [0.3, 0.4) is 0 Å².